The van der Waals surface area contributed by atoms with Gasteiger partial charge in [-0.2, -0.15) is 0 Å². The molecule has 2 rings (SSSR count). The molecule has 0 spiro atoms. The van der Waals surface area contributed by atoms with Crippen molar-refractivity contribution >= 4 is 17.7 Å². The molecule has 0 saturated carbocycles. The summed E-state index contributed by atoms with van der Waals surface area (Å²) in [6, 6.07) is 16.0. The van der Waals surface area contributed by atoms with E-state index in [1.807, 2.05) is 38.2 Å². The van der Waals surface area contributed by atoms with Gasteiger partial charge < -0.3 is 10.1 Å². The van der Waals surface area contributed by atoms with Crippen LogP contribution in [0.4, 0.5) is 0 Å². The van der Waals surface area contributed by atoms with Crippen LogP contribution in [0.15, 0.2) is 53.4 Å². The first-order valence-electron chi connectivity index (χ1n) is 8.27. The van der Waals surface area contributed by atoms with Crippen molar-refractivity contribution in [1.82, 2.24) is 10.2 Å². The molecule has 4 nitrogen and oxygen atoms in total. The van der Waals surface area contributed by atoms with Crippen LogP contribution in [0.3, 0.4) is 0 Å². The number of likely N-dealkylation sites (N-methyl/N-ethyl adjacent to an activating group) is 1. The van der Waals surface area contributed by atoms with E-state index in [-0.39, 0.29) is 11.9 Å². The minimum Gasteiger partial charge on any atom is -0.497 e. The maximum Gasteiger partial charge on any atom is 0.237 e. The normalized spacial score (nSPS) is 12.0. The number of hydrogen-bond donors (Lipinski definition) is 1. The predicted molar refractivity (Wildman–Crippen MR) is 104 cm³/mol. The van der Waals surface area contributed by atoms with Gasteiger partial charge in [0.2, 0.25) is 5.91 Å². The lowest BCUT2D eigenvalue weighted by atomic mass is 10.1. The molecular weight excluding hydrogens is 332 g/mol. The smallest absolute Gasteiger partial charge is 0.237 e. The number of hydrogen-bond acceptors (Lipinski definition) is 4. The van der Waals surface area contributed by atoms with Crippen LogP contribution in [0.1, 0.15) is 18.1 Å². The van der Waals surface area contributed by atoms with Gasteiger partial charge in [-0.1, -0.05) is 24.3 Å². The first-order valence-corrected chi connectivity index (χ1v) is 9.49. The Kier molecular flexibility index (Phi) is 7.34. The predicted octanol–water partition coefficient (Wildman–Crippen LogP) is 3.55. The van der Waals surface area contributed by atoms with Crippen LogP contribution in [0.2, 0.25) is 0 Å². The van der Waals surface area contributed by atoms with Crippen molar-refractivity contribution in [3.63, 3.8) is 0 Å². The lowest BCUT2D eigenvalue weighted by molar-refractivity contribution is -0.125. The minimum absolute atomic E-state index is 0.0269. The topological polar surface area (TPSA) is 41.6 Å². The van der Waals surface area contributed by atoms with E-state index in [4.69, 9.17) is 4.74 Å². The highest BCUT2D eigenvalue weighted by Crippen LogP contribution is 2.16. The molecule has 134 valence electrons. The van der Waals surface area contributed by atoms with E-state index in [0.717, 1.165) is 17.9 Å². The first-order chi connectivity index (χ1) is 12.0. The Bertz CT molecular complexity index is 671. The van der Waals surface area contributed by atoms with Crippen molar-refractivity contribution in [3.05, 3.63) is 59.7 Å². The minimum atomic E-state index is -0.196. The number of amides is 1. The molecule has 0 radical (unpaired) electrons. The summed E-state index contributed by atoms with van der Waals surface area (Å²) >= 11 is 1.73. The molecule has 0 aliphatic heterocycles. The van der Waals surface area contributed by atoms with Crippen LogP contribution < -0.4 is 10.1 Å². The monoisotopic (exact) mass is 358 g/mol. The van der Waals surface area contributed by atoms with E-state index in [1.165, 1.54) is 10.5 Å². The Morgan fingerprint density at radius 1 is 1.12 bits per heavy atom. The van der Waals surface area contributed by atoms with Gasteiger partial charge in [0.15, 0.2) is 0 Å². The number of nitrogens with zero attached hydrogens (tertiary/aromatic N) is 1. The van der Waals surface area contributed by atoms with Gasteiger partial charge in [-0.05, 0) is 55.6 Å². The number of carbonyl (C=O) groups excluding carboxylic acids is 1. The van der Waals surface area contributed by atoms with Crippen molar-refractivity contribution in [1.29, 1.82) is 0 Å². The summed E-state index contributed by atoms with van der Waals surface area (Å²) in [6.45, 7) is 3.19. The maximum atomic E-state index is 12.4. The molecule has 1 N–H and O–H groups in total. The molecule has 1 atom stereocenters. The number of ether oxygens (including phenoxy) is 1. The van der Waals surface area contributed by atoms with Gasteiger partial charge in [0.25, 0.3) is 0 Å². The van der Waals surface area contributed by atoms with Gasteiger partial charge in [-0.25, -0.2) is 0 Å². The van der Waals surface area contributed by atoms with Gasteiger partial charge in [-0.3, -0.25) is 9.69 Å². The summed E-state index contributed by atoms with van der Waals surface area (Å²) in [6.07, 6.45) is 2.07. The molecule has 0 fully saturated rings. The summed E-state index contributed by atoms with van der Waals surface area (Å²) in [5.74, 6) is 0.842. The second-order valence-electron chi connectivity index (χ2n) is 6.01. The highest BCUT2D eigenvalue weighted by atomic mass is 32.2. The first kappa shape index (κ1) is 19.3. The summed E-state index contributed by atoms with van der Waals surface area (Å²) in [7, 11) is 3.61. The number of nitrogens with one attached hydrogen (secondary N) is 1. The second-order valence-corrected chi connectivity index (χ2v) is 6.88. The van der Waals surface area contributed by atoms with Crippen molar-refractivity contribution in [2.75, 3.05) is 20.4 Å². The standard InChI is InChI=1S/C20H26N2O2S/c1-15(22(2)14-17-7-11-19(25-4)12-8-17)20(23)21-13-16-5-9-18(24-3)10-6-16/h5-12,15H,13-14H2,1-4H3,(H,21,23)/t15-/m0/s1. The molecule has 0 unspecified atom stereocenters. The third-order valence-corrected chi connectivity index (χ3v) is 5.00. The Morgan fingerprint density at radius 3 is 2.28 bits per heavy atom. The molecule has 0 aliphatic rings. The van der Waals surface area contributed by atoms with Gasteiger partial charge in [0.05, 0.1) is 13.2 Å². The summed E-state index contributed by atoms with van der Waals surface area (Å²) < 4.78 is 5.14. The van der Waals surface area contributed by atoms with Crippen molar-refractivity contribution < 1.29 is 9.53 Å². The van der Waals surface area contributed by atoms with E-state index in [0.29, 0.717) is 6.54 Å². The largest absolute Gasteiger partial charge is 0.497 e. The quantitative estimate of drug-likeness (QED) is 0.733. The molecule has 25 heavy (non-hydrogen) atoms. The Labute approximate surface area is 154 Å². The highest BCUT2D eigenvalue weighted by molar-refractivity contribution is 7.98. The molecule has 0 aromatic heterocycles. The average Bonchev–Trinajstić information content (AvgIpc) is 2.66. The number of rotatable bonds is 8. The Morgan fingerprint density at radius 2 is 1.72 bits per heavy atom. The SMILES string of the molecule is COc1ccc(CNC(=O)[C@H](C)N(C)Cc2ccc(SC)cc2)cc1. The van der Waals surface area contributed by atoms with Crippen molar-refractivity contribution in [2.24, 2.45) is 0 Å². The van der Waals surface area contributed by atoms with E-state index in [2.05, 4.69) is 40.7 Å². The maximum absolute atomic E-state index is 12.4. The zero-order chi connectivity index (χ0) is 18.2. The van der Waals surface area contributed by atoms with E-state index >= 15 is 0 Å². The highest BCUT2D eigenvalue weighted by Gasteiger charge is 2.17. The van der Waals surface area contributed by atoms with Crippen LogP contribution in [-0.4, -0.2) is 37.3 Å². The van der Waals surface area contributed by atoms with Crippen molar-refractivity contribution in [2.45, 2.75) is 31.0 Å². The zero-order valence-corrected chi connectivity index (χ0v) is 16.1. The number of benzene rings is 2. The third-order valence-electron chi connectivity index (χ3n) is 4.26. The molecule has 1 amide bonds. The lowest BCUT2D eigenvalue weighted by Gasteiger charge is -2.24. The van der Waals surface area contributed by atoms with Crippen LogP contribution in [0.5, 0.6) is 5.75 Å². The van der Waals surface area contributed by atoms with E-state index < -0.39 is 0 Å². The molecule has 5 heteroatoms. The van der Waals surface area contributed by atoms with Crippen LogP contribution in [0, 0.1) is 0 Å². The van der Waals surface area contributed by atoms with Gasteiger partial charge in [-0.15, -0.1) is 11.8 Å². The van der Waals surface area contributed by atoms with Crippen LogP contribution in [0.25, 0.3) is 0 Å². The fourth-order valence-corrected chi connectivity index (χ4v) is 2.84. The molecule has 2 aromatic rings. The number of methoxy groups -OCH3 is 1. The molecule has 2 aromatic carbocycles. The Hall–Kier alpha value is -1.98. The Balaban J connectivity index is 1.84. The third kappa shape index (κ3) is 5.80. The lowest BCUT2D eigenvalue weighted by Crippen LogP contribution is -2.42. The fourth-order valence-electron chi connectivity index (χ4n) is 2.44. The summed E-state index contributed by atoms with van der Waals surface area (Å²) in [4.78, 5) is 15.7. The van der Waals surface area contributed by atoms with Gasteiger partial charge >= 0.3 is 0 Å². The fraction of sp³-hybridized carbons (Fsp3) is 0.350. The number of thioether (sulfide) groups is 1. The molecule has 0 heterocycles. The zero-order valence-electron chi connectivity index (χ0n) is 15.3. The van der Waals surface area contributed by atoms with Gasteiger partial charge in [0.1, 0.15) is 5.75 Å². The van der Waals surface area contributed by atoms with E-state index in [1.54, 1.807) is 18.9 Å². The second kappa shape index (κ2) is 9.49. The van der Waals surface area contributed by atoms with Gasteiger partial charge in [0, 0.05) is 18.0 Å². The van der Waals surface area contributed by atoms with Crippen molar-refractivity contribution in [3.8, 4) is 5.75 Å². The van der Waals surface area contributed by atoms with Crippen LogP contribution >= 0.6 is 11.8 Å². The van der Waals surface area contributed by atoms with E-state index in [9.17, 15) is 4.79 Å². The summed E-state index contributed by atoms with van der Waals surface area (Å²) in [5, 5.41) is 3.00. The van der Waals surface area contributed by atoms with Crippen LogP contribution in [-0.2, 0) is 17.9 Å². The average molecular weight is 359 g/mol. The molecular formula is C20H26N2O2S. The molecule has 0 bridgehead atoms. The summed E-state index contributed by atoms with van der Waals surface area (Å²) in [5.41, 5.74) is 2.26. The molecule has 0 saturated heterocycles. The molecule has 0 aliphatic carbocycles. The number of carbonyl (C=O) groups is 1.